The predicted molar refractivity (Wildman–Crippen MR) is 87.6 cm³/mol. The lowest BCUT2D eigenvalue weighted by Crippen LogP contribution is -2.30. The van der Waals surface area contributed by atoms with Crippen molar-refractivity contribution in [3.8, 4) is 0 Å². The maximum absolute atomic E-state index is 12.3. The molecule has 1 aromatic rings. The Morgan fingerprint density at radius 3 is 2.75 bits per heavy atom. The van der Waals surface area contributed by atoms with Gasteiger partial charge in [0.25, 0.3) is 5.91 Å². The van der Waals surface area contributed by atoms with E-state index in [1.54, 1.807) is 0 Å². The standard InChI is InChI=1S/C16H24N2OS/c1-4-18(5-2)16(19)13-7-6-8-14(10-13)17-15-9-12(3)20-11-15/h6-8,10,12,15,17H,4-5,9,11H2,1-3H3. The Kier molecular flexibility index (Phi) is 5.35. The third-order valence-electron chi connectivity index (χ3n) is 3.73. The zero-order chi connectivity index (χ0) is 14.5. The van der Waals surface area contributed by atoms with Gasteiger partial charge in [0.2, 0.25) is 0 Å². The molecule has 2 atom stereocenters. The smallest absolute Gasteiger partial charge is 0.253 e. The molecule has 20 heavy (non-hydrogen) atoms. The van der Waals surface area contributed by atoms with Crippen LogP contribution in [-0.2, 0) is 0 Å². The Morgan fingerprint density at radius 1 is 1.40 bits per heavy atom. The summed E-state index contributed by atoms with van der Waals surface area (Å²) in [6, 6.07) is 8.41. The highest BCUT2D eigenvalue weighted by Crippen LogP contribution is 2.28. The van der Waals surface area contributed by atoms with Gasteiger partial charge in [-0.05, 0) is 38.5 Å². The maximum atomic E-state index is 12.3. The summed E-state index contributed by atoms with van der Waals surface area (Å²) in [5, 5.41) is 4.28. The minimum atomic E-state index is 0.118. The second kappa shape index (κ2) is 7.02. The molecule has 1 heterocycles. The predicted octanol–water partition coefficient (Wildman–Crippen LogP) is 3.47. The Hall–Kier alpha value is -1.16. The van der Waals surface area contributed by atoms with Crippen LogP contribution in [0.2, 0.25) is 0 Å². The van der Waals surface area contributed by atoms with Crippen molar-refractivity contribution in [3.05, 3.63) is 29.8 Å². The number of nitrogens with one attached hydrogen (secondary N) is 1. The van der Waals surface area contributed by atoms with E-state index in [1.807, 2.05) is 54.8 Å². The van der Waals surface area contributed by atoms with Crippen molar-refractivity contribution < 1.29 is 4.79 Å². The fourth-order valence-electron chi connectivity index (χ4n) is 2.59. The fraction of sp³-hybridized carbons (Fsp3) is 0.562. The first-order chi connectivity index (χ1) is 9.63. The Bertz CT molecular complexity index is 460. The van der Waals surface area contributed by atoms with Gasteiger partial charge in [-0.15, -0.1) is 0 Å². The highest BCUT2D eigenvalue weighted by molar-refractivity contribution is 8.00. The molecule has 1 amide bonds. The average molecular weight is 292 g/mol. The average Bonchev–Trinajstić information content (AvgIpc) is 2.85. The summed E-state index contributed by atoms with van der Waals surface area (Å²) < 4.78 is 0. The molecule has 110 valence electrons. The monoisotopic (exact) mass is 292 g/mol. The molecule has 0 saturated carbocycles. The molecular formula is C16H24N2OS. The third kappa shape index (κ3) is 3.69. The van der Waals surface area contributed by atoms with Crippen LogP contribution in [0.15, 0.2) is 24.3 Å². The summed E-state index contributed by atoms with van der Waals surface area (Å²) in [7, 11) is 0. The molecule has 2 unspecified atom stereocenters. The Morgan fingerprint density at radius 2 is 2.15 bits per heavy atom. The van der Waals surface area contributed by atoms with Gasteiger partial charge in [0.15, 0.2) is 0 Å². The Balaban J connectivity index is 2.05. The number of thioether (sulfide) groups is 1. The second-order valence-corrected chi connectivity index (χ2v) is 6.75. The van der Waals surface area contributed by atoms with Gasteiger partial charge in [-0.25, -0.2) is 0 Å². The molecule has 1 saturated heterocycles. The summed E-state index contributed by atoms with van der Waals surface area (Å²) in [5.74, 6) is 1.27. The number of benzene rings is 1. The summed E-state index contributed by atoms with van der Waals surface area (Å²) >= 11 is 2.01. The van der Waals surface area contributed by atoms with Gasteiger partial charge in [0.1, 0.15) is 0 Å². The summed E-state index contributed by atoms with van der Waals surface area (Å²) in [5.41, 5.74) is 1.83. The van der Waals surface area contributed by atoms with E-state index in [9.17, 15) is 4.79 Å². The van der Waals surface area contributed by atoms with E-state index in [-0.39, 0.29) is 5.91 Å². The molecule has 2 rings (SSSR count). The van der Waals surface area contributed by atoms with Crippen LogP contribution in [0.5, 0.6) is 0 Å². The molecule has 0 aliphatic carbocycles. The van der Waals surface area contributed by atoms with Gasteiger partial charge < -0.3 is 10.2 Å². The van der Waals surface area contributed by atoms with Gasteiger partial charge in [-0.1, -0.05) is 13.0 Å². The van der Waals surface area contributed by atoms with Gasteiger partial charge >= 0.3 is 0 Å². The van der Waals surface area contributed by atoms with Crippen molar-refractivity contribution >= 4 is 23.4 Å². The van der Waals surface area contributed by atoms with Crippen molar-refractivity contribution in [2.24, 2.45) is 0 Å². The summed E-state index contributed by atoms with van der Waals surface area (Å²) in [6.45, 7) is 7.81. The van der Waals surface area contributed by atoms with Crippen molar-refractivity contribution in [1.29, 1.82) is 0 Å². The lowest BCUT2D eigenvalue weighted by Gasteiger charge is -2.19. The highest BCUT2D eigenvalue weighted by atomic mass is 32.2. The van der Waals surface area contributed by atoms with Crippen LogP contribution in [0.25, 0.3) is 0 Å². The van der Waals surface area contributed by atoms with Crippen LogP contribution < -0.4 is 5.32 Å². The normalized spacial score (nSPS) is 21.8. The largest absolute Gasteiger partial charge is 0.381 e. The van der Waals surface area contributed by atoms with Crippen LogP contribution in [0.3, 0.4) is 0 Å². The maximum Gasteiger partial charge on any atom is 0.253 e. The number of nitrogens with zero attached hydrogens (tertiary/aromatic N) is 1. The topological polar surface area (TPSA) is 32.3 Å². The molecule has 1 aliphatic heterocycles. The van der Waals surface area contributed by atoms with Crippen LogP contribution >= 0.6 is 11.8 Å². The van der Waals surface area contributed by atoms with E-state index in [1.165, 1.54) is 6.42 Å². The molecule has 4 heteroatoms. The van der Waals surface area contributed by atoms with Crippen LogP contribution in [-0.4, -0.2) is 40.9 Å². The second-order valence-electron chi connectivity index (χ2n) is 5.28. The van der Waals surface area contributed by atoms with Gasteiger partial charge in [0, 0.05) is 41.4 Å². The van der Waals surface area contributed by atoms with Gasteiger partial charge in [-0.3, -0.25) is 4.79 Å². The van der Waals surface area contributed by atoms with E-state index >= 15 is 0 Å². The molecule has 1 N–H and O–H groups in total. The zero-order valence-corrected chi connectivity index (χ0v) is 13.4. The van der Waals surface area contributed by atoms with Crippen molar-refractivity contribution in [1.82, 2.24) is 4.90 Å². The van der Waals surface area contributed by atoms with Crippen LogP contribution in [0.4, 0.5) is 5.69 Å². The first-order valence-electron chi connectivity index (χ1n) is 7.41. The number of carbonyl (C=O) groups excluding carboxylic acids is 1. The molecule has 1 aromatic carbocycles. The Labute approximate surface area is 126 Å². The third-order valence-corrected chi connectivity index (χ3v) is 5.09. The quantitative estimate of drug-likeness (QED) is 0.902. The molecule has 0 radical (unpaired) electrons. The minimum Gasteiger partial charge on any atom is -0.381 e. The number of hydrogen-bond donors (Lipinski definition) is 1. The van der Waals surface area contributed by atoms with E-state index in [0.717, 1.165) is 35.3 Å². The number of amides is 1. The molecular weight excluding hydrogens is 268 g/mol. The number of anilines is 1. The first kappa shape index (κ1) is 15.2. The fourth-order valence-corrected chi connectivity index (χ4v) is 3.74. The molecule has 0 aromatic heterocycles. The number of carbonyl (C=O) groups is 1. The minimum absolute atomic E-state index is 0.118. The zero-order valence-electron chi connectivity index (χ0n) is 12.6. The molecule has 3 nitrogen and oxygen atoms in total. The lowest BCUT2D eigenvalue weighted by atomic mass is 10.1. The number of hydrogen-bond acceptors (Lipinski definition) is 3. The molecule has 1 fully saturated rings. The van der Waals surface area contributed by atoms with Crippen molar-refractivity contribution in [3.63, 3.8) is 0 Å². The van der Waals surface area contributed by atoms with Crippen LogP contribution in [0.1, 0.15) is 37.6 Å². The van der Waals surface area contributed by atoms with Crippen LogP contribution in [0, 0.1) is 0 Å². The molecule has 0 spiro atoms. The summed E-state index contributed by atoms with van der Waals surface area (Å²) in [4.78, 5) is 14.2. The van der Waals surface area contributed by atoms with Crippen molar-refractivity contribution in [2.45, 2.75) is 38.5 Å². The van der Waals surface area contributed by atoms with Gasteiger partial charge in [0.05, 0.1) is 0 Å². The van der Waals surface area contributed by atoms with E-state index < -0.39 is 0 Å². The lowest BCUT2D eigenvalue weighted by molar-refractivity contribution is 0.0773. The first-order valence-corrected chi connectivity index (χ1v) is 8.46. The SMILES string of the molecule is CCN(CC)C(=O)c1cccc(NC2CSC(C)C2)c1. The highest BCUT2D eigenvalue weighted by Gasteiger charge is 2.21. The molecule has 1 aliphatic rings. The number of rotatable bonds is 5. The molecule has 0 bridgehead atoms. The van der Waals surface area contributed by atoms with Gasteiger partial charge in [-0.2, -0.15) is 11.8 Å². The van der Waals surface area contributed by atoms with E-state index in [0.29, 0.717) is 6.04 Å². The summed E-state index contributed by atoms with van der Waals surface area (Å²) in [6.07, 6.45) is 1.19. The van der Waals surface area contributed by atoms with E-state index in [4.69, 9.17) is 0 Å². The van der Waals surface area contributed by atoms with Crippen molar-refractivity contribution in [2.75, 3.05) is 24.2 Å². The van der Waals surface area contributed by atoms with E-state index in [2.05, 4.69) is 12.2 Å².